The number of rotatable bonds is 4. The van der Waals surface area contributed by atoms with Crippen LogP contribution in [0, 0.1) is 3.57 Å². The van der Waals surface area contributed by atoms with Crippen molar-refractivity contribution >= 4 is 33.6 Å². The van der Waals surface area contributed by atoms with Gasteiger partial charge in [-0.15, -0.1) is 4.73 Å². The van der Waals surface area contributed by atoms with Crippen LogP contribution in [-0.2, 0) is 0 Å². The summed E-state index contributed by atoms with van der Waals surface area (Å²) in [6.45, 7) is 2.58. The van der Waals surface area contributed by atoms with Crippen LogP contribution in [-0.4, -0.2) is 21.3 Å². The first-order chi connectivity index (χ1) is 8.24. The summed E-state index contributed by atoms with van der Waals surface area (Å²) >= 11 is 2.10. The summed E-state index contributed by atoms with van der Waals surface area (Å²) in [7, 11) is 0. The van der Waals surface area contributed by atoms with E-state index in [2.05, 4.69) is 39.5 Å². The Hall–Kier alpha value is -1.18. The van der Waals surface area contributed by atoms with Crippen molar-refractivity contribution in [1.82, 2.24) is 14.7 Å². The number of pyridine rings is 1. The third-order valence-electron chi connectivity index (χ3n) is 2.31. The summed E-state index contributed by atoms with van der Waals surface area (Å²) in [5.74, 6) is 0. The second-order valence-corrected chi connectivity index (χ2v) is 4.73. The van der Waals surface area contributed by atoms with E-state index in [0.717, 1.165) is 21.8 Å². The van der Waals surface area contributed by atoms with Gasteiger partial charge in [0.05, 0.1) is 5.39 Å². The molecule has 0 saturated carbocycles. The molecular weight excluding hydrogens is 333 g/mol. The molecule has 0 radical (unpaired) electrons. The topological polar surface area (TPSA) is 57.0 Å². The molecule has 0 fully saturated rings. The highest BCUT2D eigenvalue weighted by molar-refractivity contribution is 14.1. The Bertz CT molecular complexity index is 582. The Morgan fingerprint density at radius 3 is 3.12 bits per heavy atom. The molecule has 0 aliphatic carbocycles. The summed E-state index contributed by atoms with van der Waals surface area (Å²) in [5, 5.41) is 0.823. The van der Waals surface area contributed by atoms with Gasteiger partial charge in [0.15, 0.2) is 5.65 Å². The molecule has 0 spiro atoms. The second kappa shape index (κ2) is 5.44. The van der Waals surface area contributed by atoms with Crippen LogP contribution in [0.1, 0.15) is 19.8 Å². The third kappa shape index (κ3) is 2.56. The number of halogens is 1. The maximum absolute atomic E-state index is 11.8. The molecule has 5 nitrogen and oxygen atoms in total. The molecule has 0 aliphatic heterocycles. The van der Waals surface area contributed by atoms with Gasteiger partial charge in [-0.05, 0) is 29.0 Å². The highest BCUT2D eigenvalue weighted by atomic mass is 127. The first kappa shape index (κ1) is 12.3. The Morgan fingerprint density at radius 2 is 2.35 bits per heavy atom. The molecular formula is C11H12IN3O2. The van der Waals surface area contributed by atoms with Crippen LogP contribution >= 0.6 is 22.6 Å². The maximum atomic E-state index is 11.8. The minimum absolute atomic E-state index is 0.197. The number of unbranched alkanes of at least 4 members (excludes halogenated alkanes) is 1. The van der Waals surface area contributed by atoms with Crippen molar-refractivity contribution in [2.24, 2.45) is 0 Å². The number of hydrogen-bond acceptors (Lipinski definition) is 4. The van der Waals surface area contributed by atoms with Crippen molar-refractivity contribution in [3.63, 3.8) is 0 Å². The predicted molar refractivity (Wildman–Crippen MR) is 72.9 cm³/mol. The van der Waals surface area contributed by atoms with Crippen LogP contribution in [0.5, 0.6) is 0 Å². The summed E-state index contributed by atoms with van der Waals surface area (Å²) in [6, 6.07) is 1.53. The third-order valence-corrected chi connectivity index (χ3v) is 3.20. The second-order valence-electron chi connectivity index (χ2n) is 3.57. The lowest BCUT2D eigenvalue weighted by atomic mass is 10.3. The minimum Gasteiger partial charge on any atom is -0.409 e. The number of aromatic nitrogens is 3. The van der Waals surface area contributed by atoms with E-state index in [-0.39, 0.29) is 5.56 Å². The van der Waals surface area contributed by atoms with Gasteiger partial charge in [-0.25, -0.2) is 9.97 Å². The van der Waals surface area contributed by atoms with Gasteiger partial charge in [0.1, 0.15) is 12.9 Å². The smallest absolute Gasteiger partial charge is 0.286 e. The first-order valence-electron chi connectivity index (χ1n) is 5.38. The van der Waals surface area contributed by atoms with Crippen LogP contribution in [0.3, 0.4) is 0 Å². The molecule has 2 heterocycles. The normalized spacial score (nSPS) is 10.7. The number of nitrogens with zero attached hydrogens (tertiary/aromatic N) is 3. The molecule has 90 valence electrons. The molecule has 0 atom stereocenters. The van der Waals surface area contributed by atoms with E-state index in [4.69, 9.17) is 4.84 Å². The first-order valence-corrected chi connectivity index (χ1v) is 6.46. The van der Waals surface area contributed by atoms with Gasteiger partial charge >= 0.3 is 0 Å². The fourth-order valence-electron chi connectivity index (χ4n) is 1.43. The quantitative estimate of drug-likeness (QED) is 0.624. The van der Waals surface area contributed by atoms with E-state index in [1.807, 2.05) is 0 Å². The number of hydrogen-bond donors (Lipinski definition) is 0. The van der Waals surface area contributed by atoms with Gasteiger partial charge in [0.25, 0.3) is 5.56 Å². The standard InChI is InChI=1S/C11H12IN3O2/c1-2-3-4-17-15-10(16)5-9(12)8-6-13-7-14-11(8)15/h5-7H,2-4H2,1H3. The average molecular weight is 345 g/mol. The molecule has 0 unspecified atom stereocenters. The molecule has 0 amide bonds. The van der Waals surface area contributed by atoms with Gasteiger partial charge in [0, 0.05) is 15.8 Å². The van der Waals surface area contributed by atoms with Crippen molar-refractivity contribution < 1.29 is 4.84 Å². The largest absolute Gasteiger partial charge is 0.409 e. The zero-order valence-corrected chi connectivity index (χ0v) is 11.5. The fraction of sp³-hybridized carbons (Fsp3) is 0.364. The molecule has 6 heteroatoms. The number of fused-ring (bicyclic) bond motifs is 1. The van der Waals surface area contributed by atoms with Crippen LogP contribution in [0.15, 0.2) is 23.4 Å². The van der Waals surface area contributed by atoms with Crippen molar-refractivity contribution in [1.29, 1.82) is 0 Å². The van der Waals surface area contributed by atoms with Crippen LogP contribution in [0.25, 0.3) is 11.0 Å². The van der Waals surface area contributed by atoms with Crippen LogP contribution in [0.2, 0.25) is 0 Å². The maximum Gasteiger partial charge on any atom is 0.286 e. The molecule has 0 aliphatic rings. The Labute approximate surface area is 112 Å². The highest BCUT2D eigenvalue weighted by Crippen LogP contribution is 2.14. The lowest BCUT2D eigenvalue weighted by Crippen LogP contribution is -2.28. The van der Waals surface area contributed by atoms with E-state index in [1.54, 1.807) is 6.20 Å². The zero-order chi connectivity index (χ0) is 12.3. The van der Waals surface area contributed by atoms with E-state index in [1.165, 1.54) is 17.1 Å². The average Bonchev–Trinajstić information content (AvgIpc) is 2.33. The summed E-state index contributed by atoms with van der Waals surface area (Å²) in [6.07, 6.45) is 5.03. The van der Waals surface area contributed by atoms with Gasteiger partial charge < -0.3 is 4.84 Å². The van der Waals surface area contributed by atoms with Crippen LogP contribution in [0.4, 0.5) is 0 Å². The van der Waals surface area contributed by atoms with E-state index >= 15 is 0 Å². The van der Waals surface area contributed by atoms with Gasteiger partial charge in [-0.2, -0.15) is 0 Å². The van der Waals surface area contributed by atoms with Crippen molar-refractivity contribution in [3.05, 3.63) is 32.5 Å². The fourth-order valence-corrected chi connectivity index (χ4v) is 2.07. The SMILES string of the molecule is CCCCOn1c(=O)cc(I)c2cncnc21. The molecule has 0 aromatic carbocycles. The molecule has 0 bridgehead atoms. The van der Waals surface area contributed by atoms with E-state index in [0.29, 0.717) is 12.3 Å². The Morgan fingerprint density at radius 1 is 1.53 bits per heavy atom. The predicted octanol–water partition coefficient (Wildman–Crippen LogP) is 1.62. The molecule has 0 N–H and O–H groups in total. The molecule has 17 heavy (non-hydrogen) atoms. The zero-order valence-electron chi connectivity index (χ0n) is 9.39. The lowest BCUT2D eigenvalue weighted by Gasteiger charge is -2.10. The molecule has 2 rings (SSSR count). The van der Waals surface area contributed by atoms with Gasteiger partial charge in [0.2, 0.25) is 0 Å². The van der Waals surface area contributed by atoms with E-state index in [9.17, 15) is 4.79 Å². The van der Waals surface area contributed by atoms with Crippen molar-refractivity contribution in [2.45, 2.75) is 19.8 Å². The lowest BCUT2D eigenvalue weighted by molar-refractivity contribution is 0.108. The summed E-state index contributed by atoms with van der Waals surface area (Å²) < 4.78 is 2.08. The Kier molecular flexibility index (Phi) is 3.93. The summed E-state index contributed by atoms with van der Waals surface area (Å²) in [4.78, 5) is 25.3. The van der Waals surface area contributed by atoms with Crippen molar-refractivity contribution in [3.8, 4) is 0 Å². The van der Waals surface area contributed by atoms with Gasteiger partial charge in [-0.3, -0.25) is 4.79 Å². The van der Waals surface area contributed by atoms with Gasteiger partial charge in [-0.1, -0.05) is 13.3 Å². The monoisotopic (exact) mass is 345 g/mol. The van der Waals surface area contributed by atoms with E-state index < -0.39 is 0 Å². The highest BCUT2D eigenvalue weighted by Gasteiger charge is 2.08. The van der Waals surface area contributed by atoms with Crippen LogP contribution < -0.4 is 10.4 Å². The minimum atomic E-state index is -0.197. The molecule has 0 saturated heterocycles. The van der Waals surface area contributed by atoms with Crippen molar-refractivity contribution in [2.75, 3.05) is 6.61 Å². The molecule has 2 aromatic rings. The Balaban J connectivity index is 2.50. The summed E-state index contributed by atoms with van der Waals surface area (Å²) in [5.41, 5.74) is 0.324. The molecule has 2 aromatic heterocycles.